The maximum Gasteiger partial charge on any atom is 0.306 e. The first-order valence-corrected chi connectivity index (χ1v) is 2.73. The van der Waals surface area contributed by atoms with Crippen molar-refractivity contribution in [2.24, 2.45) is 0 Å². The third-order valence-corrected chi connectivity index (χ3v) is 0.940. The van der Waals surface area contributed by atoms with Crippen LogP contribution >= 0.6 is 0 Å². The molecule has 0 amide bonds. The molecule has 0 spiro atoms. The normalized spacial score (nSPS) is 22.5. The molecule has 1 atom stereocenters. The summed E-state index contributed by atoms with van der Waals surface area (Å²) in [6, 6.07) is 0. The lowest BCUT2D eigenvalue weighted by Crippen LogP contribution is -2.22. The third kappa shape index (κ3) is 1.34. The van der Waals surface area contributed by atoms with Crippen LogP contribution < -0.4 is 0 Å². The van der Waals surface area contributed by atoms with Crippen molar-refractivity contribution in [1.82, 2.24) is 0 Å². The van der Waals surface area contributed by atoms with E-state index in [0.717, 1.165) is 0 Å². The van der Waals surface area contributed by atoms with Crippen LogP contribution in [0.4, 0.5) is 0 Å². The van der Waals surface area contributed by atoms with Crippen LogP contribution in [-0.4, -0.2) is 18.0 Å². The zero-order chi connectivity index (χ0) is 7.56. The summed E-state index contributed by atoms with van der Waals surface area (Å²) in [6.07, 6.45) is 1.38. The lowest BCUT2D eigenvalue weighted by atomic mass is 10.4. The van der Waals surface area contributed by atoms with Gasteiger partial charge in [0.25, 0.3) is 0 Å². The van der Waals surface area contributed by atoms with E-state index in [-0.39, 0.29) is 5.78 Å². The fourth-order valence-electron chi connectivity index (χ4n) is 0.560. The van der Waals surface area contributed by atoms with E-state index in [1.165, 1.54) is 19.3 Å². The molecule has 1 aliphatic rings. The maximum absolute atomic E-state index is 10.6. The number of ether oxygens (including phenoxy) is 2. The fourth-order valence-corrected chi connectivity index (χ4v) is 0.560. The Bertz CT molecular complexity index is 194. The molecule has 1 unspecified atom stereocenters. The molecule has 0 aromatic carbocycles. The van der Waals surface area contributed by atoms with Crippen molar-refractivity contribution in [3.8, 4) is 0 Å². The minimum atomic E-state index is -1.04. The molecular weight excluding hydrogens is 136 g/mol. The Hall–Kier alpha value is -1.32. The van der Waals surface area contributed by atoms with Gasteiger partial charge in [0.1, 0.15) is 0 Å². The van der Waals surface area contributed by atoms with Crippen molar-refractivity contribution in [2.45, 2.75) is 13.2 Å². The SMILES string of the molecule is CC(=O)OC1OC=CC1=O. The van der Waals surface area contributed by atoms with Gasteiger partial charge in [-0.15, -0.1) is 0 Å². The number of carbonyl (C=O) groups excluding carboxylic acids is 2. The molecule has 4 nitrogen and oxygen atoms in total. The average Bonchev–Trinajstić information content (AvgIpc) is 2.15. The summed E-state index contributed by atoms with van der Waals surface area (Å²) in [7, 11) is 0. The highest BCUT2D eigenvalue weighted by molar-refractivity contribution is 5.95. The van der Waals surface area contributed by atoms with Gasteiger partial charge in [-0.2, -0.15) is 0 Å². The van der Waals surface area contributed by atoms with Crippen LogP contribution in [0.25, 0.3) is 0 Å². The lowest BCUT2D eigenvalue weighted by Gasteiger charge is -2.06. The topological polar surface area (TPSA) is 52.6 Å². The van der Waals surface area contributed by atoms with Crippen molar-refractivity contribution in [3.63, 3.8) is 0 Å². The Kier molecular flexibility index (Phi) is 1.71. The molecule has 0 radical (unpaired) electrons. The van der Waals surface area contributed by atoms with Crippen molar-refractivity contribution in [1.29, 1.82) is 0 Å². The average molecular weight is 142 g/mol. The molecule has 10 heavy (non-hydrogen) atoms. The summed E-state index contributed by atoms with van der Waals surface area (Å²) < 4.78 is 9.05. The highest BCUT2D eigenvalue weighted by atomic mass is 16.7. The second kappa shape index (κ2) is 2.51. The first-order chi connectivity index (χ1) is 4.70. The quantitative estimate of drug-likeness (QED) is 0.483. The zero-order valence-electron chi connectivity index (χ0n) is 5.37. The Morgan fingerprint density at radius 1 is 1.80 bits per heavy atom. The van der Waals surface area contributed by atoms with E-state index in [0.29, 0.717) is 0 Å². The van der Waals surface area contributed by atoms with Crippen molar-refractivity contribution in [3.05, 3.63) is 12.3 Å². The van der Waals surface area contributed by atoms with Gasteiger partial charge in [-0.25, -0.2) is 0 Å². The van der Waals surface area contributed by atoms with E-state index in [9.17, 15) is 9.59 Å². The molecule has 1 heterocycles. The minimum Gasteiger partial charge on any atom is -0.455 e. The summed E-state index contributed by atoms with van der Waals surface area (Å²) in [5.74, 6) is -0.864. The molecular formula is C6H6O4. The van der Waals surface area contributed by atoms with E-state index in [4.69, 9.17) is 0 Å². The van der Waals surface area contributed by atoms with E-state index in [2.05, 4.69) is 9.47 Å². The highest BCUT2D eigenvalue weighted by Gasteiger charge is 2.23. The number of hydrogen-bond acceptors (Lipinski definition) is 4. The molecule has 0 bridgehead atoms. The molecule has 0 aromatic heterocycles. The molecule has 0 saturated heterocycles. The van der Waals surface area contributed by atoms with Crippen LogP contribution in [0, 0.1) is 0 Å². The van der Waals surface area contributed by atoms with Gasteiger partial charge >= 0.3 is 12.3 Å². The number of hydrogen-bond donors (Lipinski definition) is 0. The van der Waals surface area contributed by atoms with Crippen molar-refractivity contribution >= 4 is 11.8 Å². The van der Waals surface area contributed by atoms with Crippen LogP contribution in [0.1, 0.15) is 6.92 Å². The van der Waals surface area contributed by atoms with Crippen LogP contribution in [0.15, 0.2) is 12.3 Å². The summed E-state index contributed by atoms with van der Waals surface area (Å²) in [4.78, 5) is 20.9. The Balaban J connectivity index is 2.45. The largest absolute Gasteiger partial charge is 0.455 e. The van der Waals surface area contributed by atoms with E-state index >= 15 is 0 Å². The summed E-state index contributed by atoms with van der Waals surface area (Å²) in [5, 5.41) is 0. The molecule has 0 aromatic rings. The lowest BCUT2D eigenvalue weighted by molar-refractivity contribution is -0.169. The first kappa shape index (κ1) is 6.80. The highest BCUT2D eigenvalue weighted by Crippen LogP contribution is 2.05. The molecule has 0 N–H and O–H groups in total. The summed E-state index contributed by atoms with van der Waals surface area (Å²) in [6.45, 7) is 1.22. The van der Waals surface area contributed by atoms with E-state index < -0.39 is 12.3 Å². The van der Waals surface area contributed by atoms with Gasteiger partial charge in [0.15, 0.2) is 0 Å². The number of carbonyl (C=O) groups is 2. The molecule has 1 aliphatic heterocycles. The van der Waals surface area contributed by atoms with E-state index in [1.54, 1.807) is 0 Å². The van der Waals surface area contributed by atoms with Gasteiger partial charge in [0, 0.05) is 13.0 Å². The summed E-state index contributed by atoms with van der Waals surface area (Å²) in [5.41, 5.74) is 0. The molecule has 0 saturated carbocycles. The number of esters is 1. The molecule has 1 rings (SSSR count). The number of ketones is 1. The van der Waals surface area contributed by atoms with Gasteiger partial charge in [0.2, 0.25) is 5.78 Å². The number of rotatable bonds is 1. The van der Waals surface area contributed by atoms with Crippen LogP contribution in [-0.2, 0) is 19.1 Å². The van der Waals surface area contributed by atoms with E-state index in [1.807, 2.05) is 0 Å². The minimum absolute atomic E-state index is 0.338. The van der Waals surface area contributed by atoms with Gasteiger partial charge in [0.05, 0.1) is 6.26 Å². The summed E-state index contributed by atoms with van der Waals surface area (Å²) >= 11 is 0. The van der Waals surface area contributed by atoms with Crippen LogP contribution in [0.5, 0.6) is 0 Å². The molecule has 4 heteroatoms. The second-order valence-electron chi connectivity index (χ2n) is 1.78. The van der Waals surface area contributed by atoms with Crippen LogP contribution in [0.3, 0.4) is 0 Å². The fraction of sp³-hybridized carbons (Fsp3) is 0.333. The molecule has 0 aliphatic carbocycles. The van der Waals surface area contributed by atoms with Crippen molar-refractivity contribution < 1.29 is 19.1 Å². The van der Waals surface area contributed by atoms with Gasteiger partial charge in [-0.05, 0) is 0 Å². The Labute approximate surface area is 57.4 Å². The van der Waals surface area contributed by atoms with Gasteiger partial charge in [-0.3, -0.25) is 9.59 Å². The monoisotopic (exact) mass is 142 g/mol. The standard InChI is InChI=1S/C6H6O4/c1-4(7)10-6-5(8)2-3-9-6/h2-3,6H,1H3. The Morgan fingerprint density at radius 2 is 2.50 bits per heavy atom. The Morgan fingerprint density at radius 3 is 2.90 bits per heavy atom. The van der Waals surface area contributed by atoms with Crippen molar-refractivity contribution in [2.75, 3.05) is 0 Å². The molecule has 54 valence electrons. The predicted molar refractivity (Wildman–Crippen MR) is 30.8 cm³/mol. The van der Waals surface area contributed by atoms with Crippen LogP contribution in [0.2, 0.25) is 0 Å². The first-order valence-electron chi connectivity index (χ1n) is 2.73. The predicted octanol–water partition coefficient (Wildman–Crippen LogP) is -0.0114. The van der Waals surface area contributed by atoms with Gasteiger partial charge < -0.3 is 9.47 Å². The maximum atomic E-state index is 10.6. The second-order valence-corrected chi connectivity index (χ2v) is 1.78. The zero-order valence-corrected chi connectivity index (χ0v) is 5.37. The van der Waals surface area contributed by atoms with Gasteiger partial charge in [-0.1, -0.05) is 0 Å². The molecule has 0 fully saturated rings. The smallest absolute Gasteiger partial charge is 0.306 e. The third-order valence-electron chi connectivity index (χ3n) is 0.940.